The number of amides is 1. The van der Waals surface area contributed by atoms with Crippen LogP contribution in [0.4, 0.5) is 26.4 Å². The summed E-state index contributed by atoms with van der Waals surface area (Å²) in [5.41, 5.74) is 10.3. The van der Waals surface area contributed by atoms with E-state index >= 15 is 4.39 Å². The Morgan fingerprint density at radius 3 is 2.88 bits per heavy atom. The van der Waals surface area contributed by atoms with E-state index in [1.54, 1.807) is 18.3 Å². The summed E-state index contributed by atoms with van der Waals surface area (Å²) in [6.07, 6.45) is 4.95. The van der Waals surface area contributed by atoms with E-state index in [1.807, 2.05) is 6.92 Å². The molecule has 34 heavy (non-hydrogen) atoms. The zero-order chi connectivity index (χ0) is 23.4. The monoisotopic (exact) mass is 463 g/mol. The molecular formula is C25H26FN5O3. The average molecular weight is 464 g/mol. The normalized spacial score (nSPS) is 21.4. The van der Waals surface area contributed by atoms with E-state index in [0.717, 1.165) is 29.9 Å². The molecule has 0 spiro atoms. The fourth-order valence-corrected chi connectivity index (χ4v) is 5.08. The maximum Gasteiger partial charge on any atom is 0.413 e. The highest BCUT2D eigenvalue weighted by molar-refractivity contribution is 5.99. The van der Waals surface area contributed by atoms with Crippen molar-refractivity contribution >= 4 is 34.1 Å². The number of nitrogens with one attached hydrogen (secondary N) is 2. The van der Waals surface area contributed by atoms with E-state index < -0.39 is 11.9 Å². The van der Waals surface area contributed by atoms with Crippen molar-refractivity contribution in [1.82, 2.24) is 9.97 Å². The molecule has 176 valence electrons. The highest BCUT2D eigenvalue weighted by atomic mass is 19.1. The number of nitrogen functional groups attached to an aromatic ring is 1. The van der Waals surface area contributed by atoms with Gasteiger partial charge in [-0.25, -0.2) is 14.2 Å². The van der Waals surface area contributed by atoms with Crippen molar-refractivity contribution in [3.63, 3.8) is 0 Å². The number of pyridine rings is 2. The van der Waals surface area contributed by atoms with Crippen LogP contribution in [0.15, 0.2) is 24.5 Å². The maximum absolute atomic E-state index is 15.4. The first kappa shape index (κ1) is 21.1. The Hall–Kier alpha value is -3.46. The number of rotatable bonds is 3. The molecule has 4 N–H and O–H groups in total. The van der Waals surface area contributed by atoms with E-state index in [9.17, 15) is 4.79 Å². The SMILES string of the molecule is Cc1c(-c2cc3cc(NC(=O)OC4CCOCC4)ncc3c(N)c2F)cnc2c1NCC1CC21. The second kappa shape index (κ2) is 8.09. The molecule has 0 radical (unpaired) electrons. The second-order valence-electron chi connectivity index (χ2n) is 9.32. The van der Waals surface area contributed by atoms with Crippen molar-refractivity contribution in [3.05, 3.63) is 41.6 Å². The number of hydrogen-bond acceptors (Lipinski definition) is 7. The summed E-state index contributed by atoms with van der Waals surface area (Å²) in [7, 11) is 0. The van der Waals surface area contributed by atoms with Crippen LogP contribution in [-0.4, -0.2) is 41.9 Å². The number of carbonyl (C=O) groups is 1. The van der Waals surface area contributed by atoms with Crippen LogP contribution in [0.25, 0.3) is 21.9 Å². The predicted molar refractivity (Wildman–Crippen MR) is 127 cm³/mol. The maximum atomic E-state index is 15.4. The van der Waals surface area contributed by atoms with Gasteiger partial charge in [-0.05, 0) is 42.3 Å². The first-order valence-electron chi connectivity index (χ1n) is 11.7. The van der Waals surface area contributed by atoms with Gasteiger partial charge in [-0.15, -0.1) is 0 Å². The molecule has 1 saturated heterocycles. The van der Waals surface area contributed by atoms with Crippen molar-refractivity contribution in [2.24, 2.45) is 5.92 Å². The number of carbonyl (C=O) groups excluding carboxylic acids is 1. The fourth-order valence-electron chi connectivity index (χ4n) is 5.08. The molecule has 1 amide bonds. The molecule has 1 aromatic carbocycles. The molecule has 2 fully saturated rings. The van der Waals surface area contributed by atoms with Gasteiger partial charge in [0.2, 0.25) is 0 Å². The van der Waals surface area contributed by atoms with Crippen LogP contribution in [0.3, 0.4) is 0 Å². The van der Waals surface area contributed by atoms with Gasteiger partial charge in [0.25, 0.3) is 0 Å². The fraction of sp³-hybridized carbons (Fsp3) is 0.400. The van der Waals surface area contributed by atoms with Gasteiger partial charge in [-0.2, -0.15) is 0 Å². The standard InChI is InChI=1S/C25H26FN5O3/c1-12-18(10-30-24-16-7-14(16)9-29-23(12)24)17-6-13-8-20(28-11-19(13)22(27)21(17)26)31-25(32)34-15-2-4-33-5-3-15/h6,8,10-11,14-16,29H,2-5,7,9,27H2,1H3,(H,28,31,32). The third-order valence-corrected chi connectivity index (χ3v) is 7.14. The summed E-state index contributed by atoms with van der Waals surface area (Å²) < 4.78 is 26.1. The number of halogens is 1. The Labute approximate surface area is 196 Å². The van der Waals surface area contributed by atoms with Gasteiger partial charge in [0, 0.05) is 54.2 Å². The van der Waals surface area contributed by atoms with Crippen LogP contribution in [0.1, 0.15) is 36.4 Å². The lowest BCUT2D eigenvalue weighted by molar-refractivity contribution is 0.00590. The smallest absolute Gasteiger partial charge is 0.413 e. The van der Waals surface area contributed by atoms with Crippen molar-refractivity contribution in [1.29, 1.82) is 0 Å². The van der Waals surface area contributed by atoms with Gasteiger partial charge in [0.15, 0.2) is 5.82 Å². The number of hydrogen-bond donors (Lipinski definition) is 3. The van der Waals surface area contributed by atoms with Gasteiger partial charge in [-0.3, -0.25) is 10.3 Å². The lowest BCUT2D eigenvalue weighted by Crippen LogP contribution is -2.28. The number of fused-ring (bicyclic) bond motifs is 4. The van der Waals surface area contributed by atoms with Crippen LogP contribution in [0, 0.1) is 18.7 Å². The van der Waals surface area contributed by atoms with Gasteiger partial charge >= 0.3 is 6.09 Å². The summed E-state index contributed by atoms with van der Waals surface area (Å²) in [5, 5.41) is 7.28. The van der Waals surface area contributed by atoms with Crippen LogP contribution < -0.4 is 16.4 Å². The summed E-state index contributed by atoms with van der Waals surface area (Å²) in [5.74, 6) is 0.980. The molecule has 8 nitrogen and oxygen atoms in total. The minimum Gasteiger partial charge on any atom is -0.446 e. The number of ether oxygens (including phenoxy) is 2. The van der Waals surface area contributed by atoms with Crippen molar-refractivity contribution in [2.75, 3.05) is 36.1 Å². The first-order chi connectivity index (χ1) is 16.5. The molecule has 1 saturated carbocycles. The molecule has 4 heterocycles. The van der Waals surface area contributed by atoms with Gasteiger partial charge in [0.1, 0.15) is 11.9 Å². The van der Waals surface area contributed by atoms with E-state index in [2.05, 4.69) is 20.6 Å². The van der Waals surface area contributed by atoms with Gasteiger partial charge < -0.3 is 20.5 Å². The zero-order valence-electron chi connectivity index (χ0n) is 18.9. The molecule has 3 aliphatic rings. The Morgan fingerprint density at radius 2 is 2.06 bits per heavy atom. The summed E-state index contributed by atoms with van der Waals surface area (Å²) in [4.78, 5) is 21.2. The first-order valence-corrected chi connectivity index (χ1v) is 11.7. The van der Waals surface area contributed by atoms with Crippen LogP contribution in [0.5, 0.6) is 0 Å². The zero-order valence-corrected chi connectivity index (χ0v) is 18.9. The molecule has 6 rings (SSSR count). The minimum absolute atomic E-state index is 0.0173. The van der Waals surface area contributed by atoms with Crippen molar-refractivity contribution in [2.45, 2.75) is 38.2 Å². The largest absolute Gasteiger partial charge is 0.446 e. The van der Waals surface area contributed by atoms with Crippen molar-refractivity contribution < 1.29 is 18.7 Å². The predicted octanol–water partition coefficient (Wildman–Crippen LogP) is 4.58. The topological polar surface area (TPSA) is 111 Å². The second-order valence-corrected chi connectivity index (χ2v) is 9.32. The quantitative estimate of drug-likeness (QED) is 0.488. The third kappa shape index (κ3) is 3.60. The number of benzene rings is 1. The average Bonchev–Trinajstić information content (AvgIpc) is 3.63. The van der Waals surface area contributed by atoms with E-state index in [4.69, 9.17) is 15.2 Å². The minimum atomic E-state index is -0.576. The molecule has 9 heteroatoms. The molecular weight excluding hydrogens is 437 g/mol. The molecule has 1 aliphatic carbocycles. The number of nitrogens with two attached hydrogens (primary N) is 1. The molecule has 2 unspecified atom stereocenters. The van der Waals surface area contributed by atoms with Crippen LogP contribution in [-0.2, 0) is 9.47 Å². The Kier molecular flexibility index (Phi) is 5.02. The Balaban J connectivity index is 1.33. The number of aromatic nitrogens is 2. The lowest BCUT2D eigenvalue weighted by Gasteiger charge is -2.22. The molecule has 3 aromatic rings. The lowest BCUT2D eigenvalue weighted by atomic mass is 9.95. The van der Waals surface area contributed by atoms with Crippen LogP contribution >= 0.6 is 0 Å². The van der Waals surface area contributed by atoms with E-state index in [-0.39, 0.29) is 11.8 Å². The van der Waals surface area contributed by atoms with Gasteiger partial charge in [-0.1, -0.05) is 0 Å². The third-order valence-electron chi connectivity index (χ3n) is 7.14. The molecule has 2 aromatic heterocycles. The Bertz CT molecular complexity index is 1310. The molecule has 2 atom stereocenters. The van der Waals surface area contributed by atoms with E-state index in [1.165, 1.54) is 6.20 Å². The molecule has 0 bridgehead atoms. The number of nitrogens with zero attached hydrogens (tertiary/aromatic N) is 2. The Morgan fingerprint density at radius 1 is 1.24 bits per heavy atom. The molecule has 2 aliphatic heterocycles. The van der Waals surface area contributed by atoms with Crippen molar-refractivity contribution in [3.8, 4) is 11.1 Å². The van der Waals surface area contributed by atoms with Gasteiger partial charge in [0.05, 0.1) is 30.3 Å². The number of anilines is 3. The highest BCUT2D eigenvalue weighted by Crippen LogP contribution is 2.53. The summed E-state index contributed by atoms with van der Waals surface area (Å²) in [6.45, 7) is 4.06. The summed E-state index contributed by atoms with van der Waals surface area (Å²) >= 11 is 0. The highest BCUT2D eigenvalue weighted by Gasteiger charge is 2.44. The summed E-state index contributed by atoms with van der Waals surface area (Å²) in [6, 6.07) is 3.41. The van der Waals surface area contributed by atoms with Crippen LogP contribution in [0.2, 0.25) is 0 Å². The van der Waals surface area contributed by atoms with E-state index in [0.29, 0.717) is 65.6 Å².